The fraction of sp³-hybridized carbons (Fsp3) is 0.320. The van der Waals surface area contributed by atoms with Crippen molar-refractivity contribution in [3.05, 3.63) is 72.3 Å². The predicted octanol–water partition coefficient (Wildman–Crippen LogP) is 4.39. The number of amides is 1. The fourth-order valence-electron chi connectivity index (χ4n) is 4.02. The quantitative estimate of drug-likeness (QED) is 0.623. The summed E-state index contributed by atoms with van der Waals surface area (Å²) in [4.78, 5) is 23.7. The van der Waals surface area contributed by atoms with E-state index in [1.807, 2.05) is 43.3 Å². The molecule has 0 aliphatic carbocycles. The van der Waals surface area contributed by atoms with Crippen molar-refractivity contribution in [1.29, 1.82) is 0 Å². The number of nitrogens with one attached hydrogen (secondary N) is 1. The van der Waals surface area contributed by atoms with Gasteiger partial charge in [0.2, 0.25) is 5.91 Å². The number of rotatable bonds is 6. The molecule has 2 heterocycles. The number of aromatic nitrogens is 2. The van der Waals surface area contributed by atoms with E-state index in [4.69, 9.17) is 4.74 Å². The van der Waals surface area contributed by atoms with Crippen LogP contribution in [0.4, 0.5) is 10.2 Å². The highest BCUT2D eigenvalue weighted by Gasteiger charge is 2.27. The van der Waals surface area contributed by atoms with Crippen LogP contribution in [0.15, 0.2) is 60.9 Å². The molecular weight excluding hydrogens is 407 g/mol. The summed E-state index contributed by atoms with van der Waals surface area (Å²) in [6.07, 6.45) is 3.00. The molecule has 4 rings (SSSR count). The molecule has 32 heavy (non-hydrogen) atoms. The van der Waals surface area contributed by atoms with Gasteiger partial charge in [0.05, 0.1) is 18.8 Å². The number of carbonyl (C=O) groups excluding carboxylic acids is 1. The van der Waals surface area contributed by atoms with Gasteiger partial charge in [0.1, 0.15) is 23.7 Å². The van der Waals surface area contributed by atoms with Crippen LogP contribution in [0.1, 0.15) is 31.4 Å². The van der Waals surface area contributed by atoms with Crippen LogP contribution in [-0.2, 0) is 4.79 Å². The van der Waals surface area contributed by atoms with E-state index in [2.05, 4.69) is 20.2 Å². The third kappa shape index (κ3) is 5.04. The van der Waals surface area contributed by atoms with Crippen LogP contribution in [0, 0.1) is 11.7 Å². The first-order valence-electron chi connectivity index (χ1n) is 10.8. The summed E-state index contributed by atoms with van der Waals surface area (Å²) in [5, 5.41) is 3.13. The lowest BCUT2D eigenvalue weighted by Gasteiger charge is -2.32. The monoisotopic (exact) mass is 434 g/mol. The number of halogens is 1. The molecule has 0 radical (unpaired) electrons. The van der Waals surface area contributed by atoms with Gasteiger partial charge in [0.25, 0.3) is 0 Å². The predicted molar refractivity (Wildman–Crippen MR) is 122 cm³/mol. The van der Waals surface area contributed by atoms with Crippen molar-refractivity contribution in [2.24, 2.45) is 5.92 Å². The second-order valence-corrected chi connectivity index (χ2v) is 8.04. The number of benzene rings is 2. The molecule has 1 amide bonds. The molecular formula is C25H27FN4O2. The molecule has 2 aromatic carbocycles. The SMILES string of the molecule is COc1cccc([C@H](C)NC(=O)C2CCN(c3cc(-c4cccc(F)c4)ncn3)CC2)c1. The van der Waals surface area contributed by atoms with Crippen LogP contribution >= 0.6 is 0 Å². The summed E-state index contributed by atoms with van der Waals surface area (Å²) in [5.41, 5.74) is 2.41. The van der Waals surface area contributed by atoms with E-state index >= 15 is 0 Å². The van der Waals surface area contributed by atoms with Gasteiger partial charge < -0.3 is 15.0 Å². The molecule has 1 N–H and O–H groups in total. The van der Waals surface area contributed by atoms with Gasteiger partial charge in [0, 0.05) is 30.6 Å². The maximum atomic E-state index is 13.6. The Balaban J connectivity index is 1.36. The van der Waals surface area contributed by atoms with Crippen molar-refractivity contribution in [3.8, 4) is 17.0 Å². The molecule has 166 valence electrons. The van der Waals surface area contributed by atoms with Crippen LogP contribution in [0.3, 0.4) is 0 Å². The van der Waals surface area contributed by atoms with Crippen molar-refractivity contribution >= 4 is 11.7 Å². The zero-order chi connectivity index (χ0) is 22.5. The van der Waals surface area contributed by atoms with Gasteiger partial charge in [-0.15, -0.1) is 0 Å². The number of hydrogen-bond acceptors (Lipinski definition) is 5. The third-order valence-electron chi connectivity index (χ3n) is 5.92. The molecule has 6 nitrogen and oxygen atoms in total. The summed E-state index contributed by atoms with van der Waals surface area (Å²) in [5.74, 6) is 1.31. The Kier molecular flexibility index (Phi) is 6.63. The average Bonchev–Trinajstić information content (AvgIpc) is 2.84. The second-order valence-electron chi connectivity index (χ2n) is 8.04. The van der Waals surface area contributed by atoms with E-state index in [1.54, 1.807) is 13.2 Å². The van der Waals surface area contributed by atoms with Gasteiger partial charge in [0.15, 0.2) is 0 Å². The summed E-state index contributed by atoms with van der Waals surface area (Å²) < 4.78 is 18.8. The molecule has 3 aromatic rings. The van der Waals surface area contributed by atoms with E-state index in [-0.39, 0.29) is 23.7 Å². The molecule has 0 saturated carbocycles. The van der Waals surface area contributed by atoms with E-state index in [0.717, 1.165) is 48.6 Å². The number of ether oxygens (including phenoxy) is 1. The first kappa shape index (κ1) is 21.7. The largest absolute Gasteiger partial charge is 0.497 e. The molecule has 1 saturated heterocycles. The van der Waals surface area contributed by atoms with E-state index in [9.17, 15) is 9.18 Å². The van der Waals surface area contributed by atoms with Crippen molar-refractivity contribution in [2.45, 2.75) is 25.8 Å². The molecule has 1 aliphatic rings. The minimum absolute atomic E-state index is 0.0381. The molecule has 7 heteroatoms. The van der Waals surface area contributed by atoms with Crippen LogP contribution in [0.2, 0.25) is 0 Å². The summed E-state index contributed by atoms with van der Waals surface area (Å²) in [6, 6.07) is 15.9. The highest BCUT2D eigenvalue weighted by Crippen LogP contribution is 2.26. The van der Waals surface area contributed by atoms with Crippen LogP contribution in [0.25, 0.3) is 11.3 Å². The van der Waals surface area contributed by atoms with Gasteiger partial charge >= 0.3 is 0 Å². The number of methoxy groups -OCH3 is 1. The summed E-state index contributed by atoms with van der Waals surface area (Å²) >= 11 is 0. The molecule has 1 aromatic heterocycles. The minimum atomic E-state index is -0.294. The van der Waals surface area contributed by atoms with Gasteiger partial charge in [-0.1, -0.05) is 24.3 Å². The van der Waals surface area contributed by atoms with Gasteiger partial charge in [-0.3, -0.25) is 4.79 Å². The lowest BCUT2D eigenvalue weighted by Crippen LogP contribution is -2.41. The van der Waals surface area contributed by atoms with Gasteiger partial charge in [-0.25, -0.2) is 14.4 Å². The zero-order valence-corrected chi connectivity index (χ0v) is 18.3. The Morgan fingerprint density at radius 2 is 1.91 bits per heavy atom. The number of carbonyl (C=O) groups is 1. The van der Waals surface area contributed by atoms with Crippen LogP contribution in [0.5, 0.6) is 5.75 Å². The number of nitrogens with zero attached hydrogens (tertiary/aromatic N) is 3. The Bertz CT molecular complexity index is 1080. The van der Waals surface area contributed by atoms with E-state index in [1.165, 1.54) is 18.5 Å². The Morgan fingerprint density at radius 3 is 2.66 bits per heavy atom. The zero-order valence-electron chi connectivity index (χ0n) is 18.3. The van der Waals surface area contributed by atoms with Crippen molar-refractivity contribution in [2.75, 3.05) is 25.1 Å². The minimum Gasteiger partial charge on any atom is -0.497 e. The Labute approximate surface area is 187 Å². The topological polar surface area (TPSA) is 67.3 Å². The lowest BCUT2D eigenvalue weighted by molar-refractivity contribution is -0.126. The molecule has 1 fully saturated rings. The van der Waals surface area contributed by atoms with Crippen LogP contribution in [-0.4, -0.2) is 36.1 Å². The van der Waals surface area contributed by atoms with E-state index in [0.29, 0.717) is 5.69 Å². The first-order chi connectivity index (χ1) is 15.5. The Hall–Kier alpha value is -3.48. The molecule has 1 aliphatic heterocycles. The smallest absolute Gasteiger partial charge is 0.223 e. The molecule has 1 atom stereocenters. The fourth-order valence-corrected chi connectivity index (χ4v) is 4.02. The molecule has 0 spiro atoms. The maximum absolute atomic E-state index is 13.6. The molecule has 0 bridgehead atoms. The third-order valence-corrected chi connectivity index (χ3v) is 5.92. The van der Waals surface area contributed by atoms with Crippen molar-refractivity contribution < 1.29 is 13.9 Å². The Morgan fingerprint density at radius 1 is 1.12 bits per heavy atom. The standard InChI is InChI=1S/C25H27FN4O2/c1-17(19-5-4-8-22(14-19)32-2)29-25(31)18-9-11-30(12-10-18)24-15-23(27-16-28-24)20-6-3-7-21(26)13-20/h3-8,13-18H,9-12H2,1-2H3,(H,29,31)/t17-/m0/s1. The highest BCUT2D eigenvalue weighted by atomic mass is 19.1. The van der Waals surface area contributed by atoms with Crippen LogP contribution < -0.4 is 15.0 Å². The lowest BCUT2D eigenvalue weighted by atomic mass is 9.95. The van der Waals surface area contributed by atoms with E-state index < -0.39 is 0 Å². The number of piperidine rings is 1. The number of hydrogen-bond donors (Lipinski definition) is 1. The maximum Gasteiger partial charge on any atom is 0.223 e. The first-order valence-corrected chi connectivity index (χ1v) is 10.8. The average molecular weight is 435 g/mol. The molecule has 0 unspecified atom stereocenters. The second kappa shape index (κ2) is 9.77. The van der Waals surface area contributed by atoms with Crippen molar-refractivity contribution in [1.82, 2.24) is 15.3 Å². The summed E-state index contributed by atoms with van der Waals surface area (Å²) in [7, 11) is 1.63. The van der Waals surface area contributed by atoms with Crippen molar-refractivity contribution in [3.63, 3.8) is 0 Å². The summed E-state index contributed by atoms with van der Waals surface area (Å²) in [6.45, 7) is 3.44. The number of anilines is 1. The van der Waals surface area contributed by atoms with Gasteiger partial charge in [-0.2, -0.15) is 0 Å². The van der Waals surface area contributed by atoms with Gasteiger partial charge in [-0.05, 0) is 49.6 Å². The highest BCUT2D eigenvalue weighted by molar-refractivity contribution is 5.79. The normalized spacial score (nSPS) is 15.3.